The molecule has 2 atom stereocenters. The fourth-order valence-corrected chi connectivity index (χ4v) is 2.65. The number of aromatic nitrogens is 2. The fourth-order valence-electron chi connectivity index (χ4n) is 1.98. The highest BCUT2D eigenvalue weighted by Crippen LogP contribution is 2.29. The minimum absolute atomic E-state index is 0.411. The molecule has 16 heavy (non-hydrogen) atoms. The van der Waals surface area contributed by atoms with Gasteiger partial charge in [-0.2, -0.15) is 5.10 Å². The summed E-state index contributed by atoms with van der Waals surface area (Å²) in [6.45, 7) is 8.79. The number of rotatable bonds is 5. The highest BCUT2D eigenvalue weighted by molar-refractivity contribution is 9.10. The van der Waals surface area contributed by atoms with Crippen molar-refractivity contribution in [3.63, 3.8) is 0 Å². The van der Waals surface area contributed by atoms with Crippen LogP contribution in [0.15, 0.2) is 10.7 Å². The molecule has 0 radical (unpaired) electrons. The molecule has 0 amide bonds. The van der Waals surface area contributed by atoms with Gasteiger partial charge in [0.15, 0.2) is 0 Å². The van der Waals surface area contributed by atoms with E-state index >= 15 is 0 Å². The minimum Gasteiger partial charge on any atom is -0.317 e. The molecule has 1 rings (SSSR count). The van der Waals surface area contributed by atoms with Gasteiger partial charge in [0, 0.05) is 18.0 Å². The first-order valence-corrected chi connectivity index (χ1v) is 6.66. The highest BCUT2D eigenvalue weighted by atomic mass is 79.9. The van der Waals surface area contributed by atoms with Crippen molar-refractivity contribution >= 4 is 15.9 Å². The Labute approximate surface area is 107 Å². The summed E-state index contributed by atoms with van der Waals surface area (Å²) in [6.07, 6.45) is 3.02. The van der Waals surface area contributed by atoms with E-state index in [9.17, 15) is 0 Å². The first-order valence-electron chi connectivity index (χ1n) is 5.87. The minimum atomic E-state index is 0.411. The van der Waals surface area contributed by atoms with Gasteiger partial charge < -0.3 is 5.32 Å². The second kappa shape index (κ2) is 5.82. The first-order chi connectivity index (χ1) is 7.47. The van der Waals surface area contributed by atoms with Crippen LogP contribution in [0.1, 0.15) is 51.8 Å². The summed E-state index contributed by atoms with van der Waals surface area (Å²) in [5.74, 6) is 0.502. The van der Waals surface area contributed by atoms with Crippen molar-refractivity contribution in [2.75, 3.05) is 7.05 Å². The molecule has 0 bridgehead atoms. The maximum Gasteiger partial charge on any atom is 0.0635 e. The molecule has 0 aliphatic rings. The smallest absolute Gasteiger partial charge is 0.0635 e. The molecule has 0 spiro atoms. The molecule has 4 heteroatoms. The third kappa shape index (κ3) is 3.08. The molecule has 1 aromatic heterocycles. The fraction of sp³-hybridized carbons (Fsp3) is 0.750. The van der Waals surface area contributed by atoms with Crippen LogP contribution in [0.5, 0.6) is 0 Å². The molecule has 0 saturated heterocycles. The molecule has 0 aliphatic heterocycles. The average molecular weight is 288 g/mol. The topological polar surface area (TPSA) is 29.9 Å². The zero-order valence-corrected chi connectivity index (χ0v) is 12.4. The van der Waals surface area contributed by atoms with E-state index in [2.05, 4.69) is 58.7 Å². The van der Waals surface area contributed by atoms with Crippen LogP contribution in [0.3, 0.4) is 0 Å². The largest absolute Gasteiger partial charge is 0.317 e. The third-order valence-corrected chi connectivity index (χ3v) is 3.55. The number of nitrogens with zero attached hydrogens (tertiary/aromatic N) is 2. The lowest BCUT2D eigenvalue weighted by molar-refractivity contribution is 0.452. The molecule has 0 saturated carbocycles. The van der Waals surface area contributed by atoms with Gasteiger partial charge in [-0.25, -0.2) is 0 Å². The quantitative estimate of drug-likeness (QED) is 0.900. The summed E-state index contributed by atoms with van der Waals surface area (Å²) >= 11 is 3.59. The predicted molar refractivity (Wildman–Crippen MR) is 71.9 cm³/mol. The Bertz CT molecular complexity index is 333. The predicted octanol–water partition coefficient (Wildman–Crippen LogP) is 3.33. The van der Waals surface area contributed by atoms with E-state index in [1.807, 2.05) is 13.2 Å². The van der Waals surface area contributed by atoms with Crippen molar-refractivity contribution in [2.24, 2.45) is 0 Å². The van der Waals surface area contributed by atoms with Crippen LogP contribution in [-0.2, 0) is 0 Å². The molecule has 0 aromatic carbocycles. The Balaban J connectivity index is 2.89. The zero-order valence-electron chi connectivity index (χ0n) is 10.8. The third-order valence-electron chi connectivity index (χ3n) is 2.94. The van der Waals surface area contributed by atoms with Gasteiger partial charge in [0.2, 0.25) is 0 Å². The summed E-state index contributed by atoms with van der Waals surface area (Å²) in [5.41, 5.74) is 1.30. The van der Waals surface area contributed by atoms with E-state index in [1.54, 1.807) is 0 Å². The molecule has 1 N–H and O–H groups in total. The molecule has 92 valence electrons. The van der Waals surface area contributed by atoms with E-state index < -0.39 is 0 Å². The number of hydrogen-bond acceptors (Lipinski definition) is 2. The molecule has 2 unspecified atom stereocenters. The Morgan fingerprint density at radius 1 is 1.38 bits per heavy atom. The summed E-state index contributed by atoms with van der Waals surface area (Å²) in [4.78, 5) is 0. The van der Waals surface area contributed by atoms with Gasteiger partial charge in [0.25, 0.3) is 0 Å². The molecular formula is C12H22BrN3. The Morgan fingerprint density at radius 3 is 2.50 bits per heavy atom. The SMILES string of the molecule is CNC(C)CC(C)c1c(Br)cnn1C(C)C. The van der Waals surface area contributed by atoms with Crippen LogP contribution in [0.2, 0.25) is 0 Å². The van der Waals surface area contributed by atoms with Gasteiger partial charge in [-0.1, -0.05) is 6.92 Å². The van der Waals surface area contributed by atoms with Crippen molar-refractivity contribution in [2.45, 2.75) is 52.1 Å². The first kappa shape index (κ1) is 13.7. The van der Waals surface area contributed by atoms with Gasteiger partial charge >= 0.3 is 0 Å². The molecular weight excluding hydrogens is 266 g/mol. The van der Waals surface area contributed by atoms with Crippen molar-refractivity contribution in [1.29, 1.82) is 0 Å². The Kier molecular flexibility index (Phi) is 4.99. The zero-order chi connectivity index (χ0) is 12.3. The van der Waals surface area contributed by atoms with E-state index in [0.717, 1.165) is 10.9 Å². The molecule has 0 aliphatic carbocycles. The molecule has 3 nitrogen and oxygen atoms in total. The van der Waals surface area contributed by atoms with Crippen molar-refractivity contribution in [1.82, 2.24) is 15.1 Å². The van der Waals surface area contributed by atoms with E-state index in [1.165, 1.54) is 5.69 Å². The van der Waals surface area contributed by atoms with Crippen LogP contribution in [0.25, 0.3) is 0 Å². The van der Waals surface area contributed by atoms with Crippen LogP contribution in [0.4, 0.5) is 0 Å². The maximum absolute atomic E-state index is 4.42. The van der Waals surface area contributed by atoms with Crippen molar-refractivity contribution in [3.05, 3.63) is 16.4 Å². The summed E-state index contributed by atoms with van der Waals surface area (Å²) in [5, 5.41) is 7.70. The van der Waals surface area contributed by atoms with Crippen LogP contribution in [-0.4, -0.2) is 22.9 Å². The van der Waals surface area contributed by atoms with E-state index in [0.29, 0.717) is 18.0 Å². The van der Waals surface area contributed by atoms with Crippen LogP contribution >= 0.6 is 15.9 Å². The highest BCUT2D eigenvalue weighted by Gasteiger charge is 2.19. The lowest BCUT2D eigenvalue weighted by Gasteiger charge is -2.20. The second-order valence-electron chi connectivity index (χ2n) is 4.74. The van der Waals surface area contributed by atoms with Gasteiger partial charge in [0.05, 0.1) is 16.4 Å². The number of halogens is 1. The Hall–Kier alpha value is -0.350. The van der Waals surface area contributed by atoms with Gasteiger partial charge in [-0.15, -0.1) is 0 Å². The molecule has 0 fully saturated rings. The Morgan fingerprint density at radius 2 is 2.00 bits per heavy atom. The van der Waals surface area contributed by atoms with Gasteiger partial charge in [-0.3, -0.25) is 4.68 Å². The second-order valence-corrected chi connectivity index (χ2v) is 5.60. The normalized spacial score (nSPS) is 15.4. The van der Waals surface area contributed by atoms with Crippen LogP contribution < -0.4 is 5.32 Å². The van der Waals surface area contributed by atoms with E-state index in [-0.39, 0.29) is 0 Å². The number of hydrogen-bond donors (Lipinski definition) is 1. The van der Waals surface area contributed by atoms with Gasteiger partial charge in [0.1, 0.15) is 0 Å². The summed E-state index contributed by atoms with van der Waals surface area (Å²) in [6, 6.07) is 0.936. The maximum atomic E-state index is 4.42. The van der Waals surface area contributed by atoms with Crippen molar-refractivity contribution < 1.29 is 0 Å². The van der Waals surface area contributed by atoms with E-state index in [4.69, 9.17) is 0 Å². The lowest BCUT2D eigenvalue weighted by Crippen LogP contribution is -2.24. The van der Waals surface area contributed by atoms with Crippen molar-refractivity contribution in [3.8, 4) is 0 Å². The average Bonchev–Trinajstić information content (AvgIpc) is 2.59. The monoisotopic (exact) mass is 287 g/mol. The molecule has 1 heterocycles. The summed E-state index contributed by atoms with van der Waals surface area (Å²) < 4.78 is 3.23. The lowest BCUT2D eigenvalue weighted by atomic mass is 9.99. The standard InChI is InChI=1S/C12H22BrN3/c1-8(2)16-12(11(13)7-15-16)9(3)6-10(4)14-5/h7-10,14H,6H2,1-5H3. The summed E-state index contributed by atoms with van der Waals surface area (Å²) in [7, 11) is 2.01. The molecule has 1 aromatic rings. The number of nitrogens with one attached hydrogen (secondary N) is 1. The van der Waals surface area contributed by atoms with Gasteiger partial charge in [-0.05, 0) is 50.2 Å². The van der Waals surface area contributed by atoms with Crippen LogP contribution in [0, 0.1) is 0 Å².